The molecule has 2 N–H and O–H groups in total. The van der Waals surface area contributed by atoms with Gasteiger partial charge >= 0.3 is 0 Å². The van der Waals surface area contributed by atoms with Crippen LogP contribution in [0.5, 0.6) is 0 Å². The lowest BCUT2D eigenvalue weighted by Crippen LogP contribution is -2.28. The molecule has 1 aliphatic carbocycles. The lowest BCUT2D eigenvalue weighted by molar-refractivity contribution is 0.250. The topological polar surface area (TPSA) is 42.1 Å². The van der Waals surface area contributed by atoms with Crippen LogP contribution in [0.2, 0.25) is 0 Å². The number of nitrogens with two attached hydrogens (primary N) is 1. The van der Waals surface area contributed by atoms with Gasteiger partial charge in [-0.1, -0.05) is 6.07 Å². The van der Waals surface area contributed by atoms with Gasteiger partial charge in [-0.05, 0) is 37.9 Å². The van der Waals surface area contributed by atoms with Crippen molar-refractivity contribution in [2.24, 2.45) is 5.73 Å². The summed E-state index contributed by atoms with van der Waals surface area (Å²) >= 11 is 0. The lowest BCUT2D eigenvalue weighted by atomic mass is 10.3. The predicted octanol–water partition coefficient (Wildman–Crippen LogP) is 1.39. The zero-order chi connectivity index (χ0) is 10.5. The molecule has 0 bridgehead atoms. The van der Waals surface area contributed by atoms with Crippen molar-refractivity contribution in [3.05, 3.63) is 30.1 Å². The summed E-state index contributed by atoms with van der Waals surface area (Å²) in [4.78, 5) is 6.87. The highest BCUT2D eigenvalue weighted by Crippen LogP contribution is 2.27. The van der Waals surface area contributed by atoms with Crippen molar-refractivity contribution < 1.29 is 0 Å². The van der Waals surface area contributed by atoms with E-state index in [-0.39, 0.29) is 0 Å². The molecule has 3 heteroatoms. The standard InChI is InChI=1S/C12H19N3/c13-7-3-9-15(12-5-6-12)10-11-4-1-2-8-14-11/h1-2,4,8,12H,3,5-7,9-10,13H2. The van der Waals surface area contributed by atoms with E-state index in [1.807, 2.05) is 12.3 Å². The Morgan fingerprint density at radius 2 is 2.27 bits per heavy atom. The SMILES string of the molecule is NCCCN(Cc1ccccn1)C1CC1. The highest BCUT2D eigenvalue weighted by molar-refractivity contribution is 5.04. The van der Waals surface area contributed by atoms with E-state index < -0.39 is 0 Å². The molecule has 1 saturated carbocycles. The molecular formula is C12H19N3. The van der Waals surface area contributed by atoms with Gasteiger partial charge in [-0.3, -0.25) is 9.88 Å². The highest BCUT2D eigenvalue weighted by atomic mass is 15.2. The van der Waals surface area contributed by atoms with Gasteiger partial charge in [0.2, 0.25) is 0 Å². The van der Waals surface area contributed by atoms with Gasteiger partial charge in [-0.2, -0.15) is 0 Å². The molecule has 0 spiro atoms. The third-order valence-electron chi connectivity index (χ3n) is 2.80. The average Bonchev–Trinajstić information content (AvgIpc) is 3.09. The third kappa shape index (κ3) is 3.29. The minimum atomic E-state index is 0.783. The van der Waals surface area contributed by atoms with Crippen molar-refractivity contribution >= 4 is 0 Å². The van der Waals surface area contributed by atoms with Gasteiger partial charge < -0.3 is 5.73 Å². The fourth-order valence-electron chi connectivity index (χ4n) is 1.82. The number of hydrogen-bond acceptors (Lipinski definition) is 3. The predicted molar refractivity (Wildman–Crippen MR) is 61.3 cm³/mol. The fourth-order valence-corrected chi connectivity index (χ4v) is 1.82. The zero-order valence-corrected chi connectivity index (χ0v) is 9.10. The Balaban J connectivity index is 1.88. The Labute approximate surface area is 91.3 Å². The molecule has 0 aromatic carbocycles. The van der Waals surface area contributed by atoms with E-state index in [1.165, 1.54) is 18.5 Å². The quantitative estimate of drug-likeness (QED) is 0.763. The van der Waals surface area contributed by atoms with E-state index >= 15 is 0 Å². The number of aromatic nitrogens is 1. The summed E-state index contributed by atoms with van der Waals surface area (Å²) in [5.41, 5.74) is 6.72. The van der Waals surface area contributed by atoms with Crippen molar-refractivity contribution in [1.29, 1.82) is 0 Å². The highest BCUT2D eigenvalue weighted by Gasteiger charge is 2.28. The first-order valence-electron chi connectivity index (χ1n) is 5.74. The van der Waals surface area contributed by atoms with Gasteiger partial charge in [0.05, 0.1) is 5.69 Å². The van der Waals surface area contributed by atoms with Gasteiger partial charge in [0, 0.05) is 25.3 Å². The molecule has 0 radical (unpaired) electrons. The van der Waals surface area contributed by atoms with Crippen LogP contribution in [0.3, 0.4) is 0 Å². The molecule has 1 aromatic heterocycles. The maximum atomic E-state index is 5.55. The number of nitrogens with zero attached hydrogens (tertiary/aromatic N) is 2. The normalized spacial score (nSPS) is 15.9. The second-order valence-corrected chi connectivity index (χ2v) is 4.16. The van der Waals surface area contributed by atoms with Crippen molar-refractivity contribution in [3.63, 3.8) is 0 Å². The van der Waals surface area contributed by atoms with Gasteiger partial charge in [-0.25, -0.2) is 0 Å². The first-order chi connectivity index (χ1) is 7.40. The Hall–Kier alpha value is -0.930. The van der Waals surface area contributed by atoms with E-state index in [0.29, 0.717) is 0 Å². The smallest absolute Gasteiger partial charge is 0.0544 e. The maximum absolute atomic E-state index is 5.55. The summed E-state index contributed by atoms with van der Waals surface area (Å²) in [5, 5.41) is 0. The molecular weight excluding hydrogens is 186 g/mol. The van der Waals surface area contributed by atoms with Gasteiger partial charge in [0.15, 0.2) is 0 Å². The summed E-state index contributed by atoms with van der Waals surface area (Å²) in [5.74, 6) is 0. The monoisotopic (exact) mass is 205 g/mol. The van der Waals surface area contributed by atoms with E-state index in [9.17, 15) is 0 Å². The summed E-state index contributed by atoms with van der Waals surface area (Å²) in [6, 6.07) is 6.90. The van der Waals surface area contributed by atoms with E-state index in [0.717, 1.165) is 32.1 Å². The van der Waals surface area contributed by atoms with Crippen LogP contribution in [0.25, 0.3) is 0 Å². The lowest BCUT2D eigenvalue weighted by Gasteiger charge is -2.20. The maximum Gasteiger partial charge on any atom is 0.0544 e. The van der Waals surface area contributed by atoms with Crippen LogP contribution < -0.4 is 5.73 Å². The van der Waals surface area contributed by atoms with E-state index in [1.54, 1.807) is 0 Å². The number of rotatable bonds is 6. The van der Waals surface area contributed by atoms with Gasteiger partial charge in [0.25, 0.3) is 0 Å². The first-order valence-corrected chi connectivity index (χ1v) is 5.74. The van der Waals surface area contributed by atoms with Gasteiger partial charge in [-0.15, -0.1) is 0 Å². The second-order valence-electron chi connectivity index (χ2n) is 4.16. The molecule has 1 heterocycles. The largest absolute Gasteiger partial charge is 0.330 e. The molecule has 82 valence electrons. The fraction of sp³-hybridized carbons (Fsp3) is 0.583. The van der Waals surface area contributed by atoms with Crippen LogP contribution in [0, 0.1) is 0 Å². The molecule has 3 nitrogen and oxygen atoms in total. The summed E-state index contributed by atoms with van der Waals surface area (Å²) in [7, 11) is 0. The Morgan fingerprint density at radius 1 is 1.40 bits per heavy atom. The second kappa shape index (κ2) is 5.24. The minimum absolute atomic E-state index is 0.783. The summed E-state index contributed by atoms with van der Waals surface area (Å²) in [6.07, 6.45) is 5.64. The Morgan fingerprint density at radius 3 is 2.87 bits per heavy atom. The molecule has 0 aliphatic heterocycles. The van der Waals surface area contributed by atoms with Crippen molar-refractivity contribution in [2.75, 3.05) is 13.1 Å². The third-order valence-corrected chi connectivity index (χ3v) is 2.80. The number of hydrogen-bond donors (Lipinski definition) is 1. The van der Waals surface area contributed by atoms with Crippen LogP contribution in [0.4, 0.5) is 0 Å². The molecule has 1 fully saturated rings. The van der Waals surface area contributed by atoms with E-state index in [2.05, 4.69) is 22.0 Å². The van der Waals surface area contributed by atoms with Crippen molar-refractivity contribution in [1.82, 2.24) is 9.88 Å². The van der Waals surface area contributed by atoms with Crippen LogP contribution in [-0.4, -0.2) is 29.0 Å². The molecule has 0 unspecified atom stereocenters. The van der Waals surface area contributed by atoms with Crippen molar-refractivity contribution in [2.45, 2.75) is 31.8 Å². The zero-order valence-electron chi connectivity index (χ0n) is 9.10. The average molecular weight is 205 g/mol. The first kappa shape index (κ1) is 10.6. The van der Waals surface area contributed by atoms with Gasteiger partial charge in [0.1, 0.15) is 0 Å². The van der Waals surface area contributed by atoms with Crippen LogP contribution >= 0.6 is 0 Å². The Kier molecular flexibility index (Phi) is 3.69. The van der Waals surface area contributed by atoms with Crippen LogP contribution in [0.15, 0.2) is 24.4 Å². The molecule has 1 aliphatic rings. The Bertz CT molecular complexity index is 282. The summed E-state index contributed by atoms with van der Waals surface area (Å²) in [6.45, 7) is 2.87. The van der Waals surface area contributed by atoms with Crippen LogP contribution in [0.1, 0.15) is 25.0 Å². The molecule has 1 aromatic rings. The molecule has 15 heavy (non-hydrogen) atoms. The number of pyridine rings is 1. The minimum Gasteiger partial charge on any atom is -0.330 e. The van der Waals surface area contributed by atoms with E-state index in [4.69, 9.17) is 5.73 Å². The molecule has 0 amide bonds. The molecule has 0 atom stereocenters. The molecule has 0 saturated heterocycles. The van der Waals surface area contributed by atoms with Crippen molar-refractivity contribution in [3.8, 4) is 0 Å². The summed E-state index contributed by atoms with van der Waals surface area (Å²) < 4.78 is 0. The van der Waals surface area contributed by atoms with Crippen LogP contribution in [-0.2, 0) is 6.54 Å². The molecule has 2 rings (SSSR count).